The molecular weight excluding hydrogens is 270 g/mol. The summed E-state index contributed by atoms with van der Waals surface area (Å²) in [6.07, 6.45) is 0. The van der Waals surface area contributed by atoms with Gasteiger partial charge in [-0.2, -0.15) is 0 Å². The molecule has 2 aromatic carbocycles. The highest BCUT2D eigenvalue weighted by Crippen LogP contribution is 2.25. The third-order valence-electron chi connectivity index (χ3n) is 3.29. The lowest BCUT2D eigenvalue weighted by Crippen LogP contribution is -2.06. The second-order valence-corrected chi connectivity index (χ2v) is 4.57. The van der Waals surface area contributed by atoms with Gasteiger partial charge >= 0.3 is 11.9 Å². The largest absolute Gasteiger partial charge is 0.478 e. The number of carboxylic acids is 1. The first-order valence-electron chi connectivity index (χ1n) is 6.25. The number of aromatic nitrogens is 1. The van der Waals surface area contributed by atoms with E-state index in [-0.39, 0.29) is 11.1 Å². The van der Waals surface area contributed by atoms with Crippen molar-refractivity contribution in [1.82, 2.24) is 4.98 Å². The van der Waals surface area contributed by atoms with E-state index in [2.05, 4.69) is 4.98 Å². The van der Waals surface area contributed by atoms with Crippen LogP contribution >= 0.6 is 0 Å². The average molecular weight is 281 g/mol. The van der Waals surface area contributed by atoms with Crippen molar-refractivity contribution in [2.45, 2.75) is 0 Å². The van der Waals surface area contributed by atoms with Crippen molar-refractivity contribution < 1.29 is 19.4 Å². The number of ether oxygens (including phenoxy) is 1. The zero-order valence-corrected chi connectivity index (χ0v) is 11.2. The van der Waals surface area contributed by atoms with E-state index in [0.29, 0.717) is 10.9 Å². The molecule has 0 spiro atoms. The molecule has 21 heavy (non-hydrogen) atoms. The summed E-state index contributed by atoms with van der Waals surface area (Å²) in [5.74, 6) is -1.70. The Hall–Kier alpha value is -2.95. The van der Waals surface area contributed by atoms with E-state index in [1.807, 2.05) is 30.3 Å². The van der Waals surface area contributed by atoms with Gasteiger partial charge in [0.1, 0.15) is 0 Å². The molecule has 5 heteroatoms. The smallest absolute Gasteiger partial charge is 0.338 e. The molecule has 1 aromatic heterocycles. The molecule has 0 atom stereocenters. The minimum Gasteiger partial charge on any atom is -0.478 e. The number of hydrogen-bond acceptors (Lipinski definition) is 4. The van der Waals surface area contributed by atoms with Crippen LogP contribution in [0, 0.1) is 0 Å². The molecule has 0 saturated heterocycles. The number of nitrogens with zero attached hydrogens (tertiary/aromatic N) is 1. The van der Waals surface area contributed by atoms with E-state index in [4.69, 9.17) is 9.84 Å². The summed E-state index contributed by atoms with van der Waals surface area (Å²) in [5.41, 5.74) is 1.40. The zero-order chi connectivity index (χ0) is 15.0. The molecule has 0 radical (unpaired) electrons. The molecular formula is C16H11NO4. The number of aromatic carboxylic acids is 1. The number of esters is 1. The van der Waals surface area contributed by atoms with Crippen LogP contribution < -0.4 is 0 Å². The number of carbonyl (C=O) groups excluding carboxylic acids is 1. The Kier molecular flexibility index (Phi) is 3.02. The normalized spacial score (nSPS) is 10.7. The molecule has 0 saturated carbocycles. The number of rotatable bonds is 2. The molecule has 0 aliphatic heterocycles. The van der Waals surface area contributed by atoms with E-state index in [1.54, 1.807) is 0 Å². The standard InChI is InChI=1S/C16H11NO4/c1-21-16(20)12-7-10(15(18)19)8-14-11(12)6-9-4-2-3-5-13(9)17-14/h2-8H,1H3,(H,18,19). The van der Waals surface area contributed by atoms with Crippen molar-refractivity contribution in [3.8, 4) is 0 Å². The van der Waals surface area contributed by atoms with Crippen molar-refractivity contribution in [2.75, 3.05) is 7.11 Å². The highest BCUT2D eigenvalue weighted by molar-refractivity contribution is 6.09. The summed E-state index contributed by atoms with van der Waals surface area (Å²) in [7, 11) is 1.26. The highest BCUT2D eigenvalue weighted by atomic mass is 16.5. The topological polar surface area (TPSA) is 76.5 Å². The predicted molar refractivity (Wildman–Crippen MR) is 77.5 cm³/mol. The summed E-state index contributed by atoms with van der Waals surface area (Å²) in [4.78, 5) is 27.5. The van der Waals surface area contributed by atoms with Gasteiger partial charge in [0.2, 0.25) is 0 Å². The Morgan fingerprint density at radius 3 is 2.57 bits per heavy atom. The average Bonchev–Trinajstić information content (AvgIpc) is 2.50. The summed E-state index contributed by atoms with van der Waals surface area (Å²) in [6.45, 7) is 0. The zero-order valence-electron chi connectivity index (χ0n) is 11.2. The predicted octanol–water partition coefficient (Wildman–Crippen LogP) is 2.87. The molecule has 0 bridgehead atoms. The van der Waals surface area contributed by atoms with Gasteiger partial charge in [-0.25, -0.2) is 14.6 Å². The van der Waals surface area contributed by atoms with Gasteiger partial charge in [0.25, 0.3) is 0 Å². The van der Waals surface area contributed by atoms with Crippen LogP contribution in [0.2, 0.25) is 0 Å². The van der Waals surface area contributed by atoms with Crippen molar-refractivity contribution >= 4 is 33.7 Å². The molecule has 0 amide bonds. The van der Waals surface area contributed by atoms with Gasteiger partial charge in [-0.3, -0.25) is 0 Å². The van der Waals surface area contributed by atoms with Crippen molar-refractivity contribution in [2.24, 2.45) is 0 Å². The fourth-order valence-corrected chi connectivity index (χ4v) is 2.28. The SMILES string of the molecule is COC(=O)c1cc(C(=O)O)cc2nc3ccccc3cc12. The lowest BCUT2D eigenvalue weighted by Gasteiger charge is -2.08. The maximum absolute atomic E-state index is 11.9. The second-order valence-electron chi connectivity index (χ2n) is 4.57. The molecule has 0 fully saturated rings. The van der Waals surface area contributed by atoms with Gasteiger partial charge in [-0.15, -0.1) is 0 Å². The molecule has 1 heterocycles. The van der Waals surface area contributed by atoms with Crippen LogP contribution in [-0.4, -0.2) is 29.1 Å². The number of fused-ring (bicyclic) bond motifs is 2. The van der Waals surface area contributed by atoms with Gasteiger partial charge in [0, 0.05) is 10.8 Å². The molecule has 3 rings (SSSR count). The Morgan fingerprint density at radius 2 is 1.86 bits per heavy atom. The Labute approximate surface area is 119 Å². The number of para-hydroxylation sites is 1. The fourth-order valence-electron chi connectivity index (χ4n) is 2.28. The van der Waals surface area contributed by atoms with Crippen LogP contribution in [0.3, 0.4) is 0 Å². The first-order valence-corrected chi connectivity index (χ1v) is 6.25. The maximum Gasteiger partial charge on any atom is 0.338 e. The summed E-state index contributed by atoms with van der Waals surface area (Å²) >= 11 is 0. The summed E-state index contributed by atoms with van der Waals surface area (Å²) in [6, 6.07) is 12.0. The van der Waals surface area contributed by atoms with Crippen molar-refractivity contribution in [3.05, 3.63) is 53.6 Å². The van der Waals surface area contributed by atoms with Crippen LogP contribution in [0.25, 0.3) is 21.8 Å². The second kappa shape index (κ2) is 4.86. The number of carboxylic acid groups (broad SMARTS) is 1. The lowest BCUT2D eigenvalue weighted by atomic mass is 10.0. The van der Waals surface area contributed by atoms with Gasteiger partial charge in [0.05, 0.1) is 29.3 Å². The third-order valence-corrected chi connectivity index (χ3v) is 3.29. The quantitative estimate of drug-likeness (QED) is 0.577. The Balaban J connectivity index is 2.43. The molecule has 0 unspecified atom stereocenters. The molecule has 0 aliphatic rings. The molecule has 3 aromatic rings. The molecule has 104 valence electrons. The lowest BCUT2D eigenvalue weighted by molar-refractivity contribution is 0.0603. The fraction of sp³-hybridized carbons (Fsp3) is 0.0625. The van der Waals surface area contributed by atoms with E-state index in [9.17, 15) is 9.59 Å². The number of benzene rings is 2. The molecule has 0 aliphatic carbocycles. The van der Waals surface area contributed by atoms with E-state index >= 15 is 0 Å². The van der Waals surface area contributed by atoms with E-state index in [0.717, 1.165) is 10.9 Å². The van der Waals surface area contributed by atoms with Crippen molar-refractivity contribution in [3.63, 3.8) is 0 Å². The summed E-state index contributed by atoms with van der Waals surface area (Å²) < 4.78 is 4.73. The number of hydrogen-bond donors (Lipinski definition) is 1. The minimum atomic E-state index is -1.11. The van der Waals surface area contributed by atoms with Gasteiger partial charge in [-0.05, 0) is 24.3 Å². The monoisotopic (exact) mass is 281 g/mol. The van der Waals surface area contributed by atoms with Gasteiger partial charge in [-0.1, -0.05) is 18.2 Å². The Bertz CT molecular complexity index is 886. The molecule has 5 nitrogen and oxygen atoms in total. The third kappa shape index (κ3) is 2.18. The van der Waals surface area contributed by atoms with Crippen LogP contribution in [-0.2, 0) is 4.74 Å². The number of carbonyl (C=O) groups is 2. The summed E-state index contributed by atoms with van der Waals surface area (Å²) in [5, 5.41) is 10.6. The van der Waals surface area contributed by atoms with Gasteiger partial charge < -0.3 is 9.84 Å². The van der Waals surface area contributed by atoms with Crippen molar-refractivity contribution in [1.29, 1.82) is 0 Å². The van der Waals surface area contributed by atoms with Gasteiger partial charge in [0.15, 0.2) is 0 Å². The highest BCUT2D eigenvalue weighted by Gasteiger charge is 2.16. The van der Waals surface area contributed by atoms with Crippen LogP contribution in [0.1, 0.15) is 20.7 Å². The number of methoxy groups -OCH3 is 1. The van der Waals surface area contributed by atoms with Crippen LogP contribution in [0.5, 0.6) is 0 Å². The van der Waals surface area contributed by atoms with Crippen LogP contribution in [0.15, 0.2) is 42.5 Å². The number of pyridine rings is 1. The Morgan fingerprint density at radius 1 is 1.10 bits per heavy atom. The first kappa shape index (κ1) is 13.1. The minimum absolute atomic E-state index is 0.00526. The van der Waals surface area contributed by atoms with E-state index < -0.39 is 11.9 Å². The van der Waals surface area contributed by atoms with E-state index in [1.165, 1.54) is 19.2 Å². The maximum atomic E-state index is 11.9. The molecule has 1 N–H and O–H groups in total. The first-order chi connectivity index (χ1) is 10.1. The van der Waals surface area contributed by atoms with Crippen LogP contribution in [0.4, 0.5) is 0 Å².